The summed E-state index contributed by atoms with van der Waals surface area (Å²) in [7, 11) is 0. The highest BCUT2D eigenvalue weighted by atomic mass is 16.3. The van der Waals surface area contributed by atoms with Gasteiger partial charge in [0.05, 0.1) is 0 Å². The highest BCUT2D eigenvalue weighted by Gasteiger charge is 2.34. The summed E-state index contributed by atoms with van der Waals surface area (Å²) in [5, 5.41) is 7.32. The zero-order valence-electron chi connectivity index (χ0n) is 13.1. The summed E-state index contributed by atoms with van der Waals surface area (Å²) >= 11 is 0. The molecule has 0 spiro atoms. The number of furan rings is 1. The largest absolute Gasteiger partial charge is 0.466 e. The van der Waals surface area contributed by atoms with E-state index in [1.165, 1.54) is 43.7 Å². The van der Waals surface area contributed by atoms with Crippen LogP contribution in [-0.4, -0.2) is 19.6 Å². The average molecular weight is 276 g/mol. The van der Waals surface area contributed by atoms with Crippen molar-refractivity contribution in [1.29, 1.82) is 0 Å². The molecule has 1 aromatic heterocycles. The Hall–Kier alpha value is -0.800. The van der Waals surface area contributed by atoms with Crippen LogP contribution in [0, 0.1) is 18.3 Å². The molecule has 0 aromatic carbocycles. The molecule has 1 aliphatic heterocycles. The summed E-state index contributed by atoms with van der Waals surface area (Å²) in [6, 6.07) is 2.70. The first-order valence-electron chi connectivity index (χ1n) is 8.07. The summed E-state index contributed by atoms with van der Waals surface area (Å²) < 4.78 is 5.91. The molecule has 112 valence electrons. The second-order valence-corrected chi connectivity index (χ2v) is 7.45. The Morgan fingerprint density at radius 3 is 3.05 bits per heavy atom. The van der Waals surface area contributed by atoms with Crippen molar-refractivity contribution in [3.8, 4) is 0 Å². The summed E-state index contributed by atoms with van der Waals surface area (Å²) in [5.74, 6) is 3.04. The van der Waals surface area contributed by atoms with Crippen LogP contribution in [0.3, 0.4) is 0 Å². The molecule has 1 aliphatic carbocycles. The number of hydrogen-bond donors (Lipinski definition) is 2. The lowest BCUT2D eigenvalue weighted by Gasteiger charge is -2.36. The molecule has 1 fully saturated rings. The molecule has 0 radical (unpaired) electrons. The molecular weight excluding hydrogens is 248 g/mol. The minimum Gasteiger partial charge on any atom is -0.466 e. The SMILES string of the molecule is Cc1cc2c(o1)CC(C)(C)CC2NCC1CCCNC1. The van der Waals surface area contributed by atoms with E-state index >= 15 is 0 Å². The number of fused-ring (bicyclic) bond motifs is 1. The Morgan fingerprint density at radius 1 is 1.45 bits per heavy atom. The monoisotopic (exact) mass is 276 g/mol. The molecule has 0 bridgehead atoms. The van der Waals surface area contributed by atoms with Crippen LogP contribution in [0.1, 0.15) is 56.2 Å². The Kier molecular flexibility index (Phi) is 3.91. The van der Waals surface area contributed by atoms with E-state index in [1.54, 1.807) is 0 Å². The maximum Gasteiger partial charge on any atom is 0.109 e. The minimum atomic E-state index is 0.333. The predicted molar refractivity (Wildman–Crippen MR) is 81.9 cm³/mol. The Bertz CT molecular complexity index is 458. The van der Waals surface area contributed by atoms with Gasteiger partial charge in [-0.2, -0.15) is 0 Å². The van der Waals surface area contributed by atoms with E-state index in [1.807, 2.05) is 0 Å². The molecule has 1 saturated heterocycles. The predicted octanol–water partition coefficient (Wildman–Crippen LogP) is 3.19. The van der Waals surface area contributed by atoms with Gasteiger partial charge in [0.25, 0.3) is 0 Å². The molecule has 1 aromatic rings. The minimum absolute atomic E-state index is 0.333. The lowest BCUT2D eigenvalue weighted by Crippen LogP contribution is -2.39. The van der Waals surface area contributed by atoms with Gasteiger partial charge < -0.3 is 15.1 Å². The van der Waals surface area contributed by atoms with Crippen LogP contribution < -0.4 is 10.6 Å². The van der Waals surface area contributed by atoms with Crippen molar-refractivity contribution in [2.45, 2.75) is 52.5 Å². The molecule has 0 saturated carbocycles. The second kappa shape index (κ2) is 5.53. The quantitative estimate of drug-likeness (QED) is 0.890. The molecule has 20 heavy (non-hydrogen) atoms. The van der Waals surface area contributed by atoms with Crippen LogP contribution in [0.4, 0.5) is 0 Å². The zero-order valence-corrected chi connectivity index (χ0v) is 13.1. The van der Waals surface area contributed by atoms with Gasteiger partial charge >= 0.3 is 0 Å². The van der Waals surface area contributed by atoms with E-state index in [0.717, 1.165) is 24.6 Å². The van der Waals surface area contributed by atoms with Crippen LogP contribution in [0.5, 0.6) is 0 Å². The average Bonchev–Trinajstić information content (AvgIpc) is 2.76. The fourth-order valence-corrected chi connectivity index (χ4v) is 3.77. The second-order valence-electron chi connectivity index (χ2n) is 7.45. The maximum atomic E-state index is 5.91. The Morgan fingerprint density at radius 2 is 2.30 bits per heavy atom. The Labute approximate surface area is 122 Å². The summed E-state index contributed by atoms with van der Waals surface area (Å²) in [5.41, 5.74) is 1.74. The molecule has 2 N–H and O–H groups in total. The van der Waals surface area contributed by atoms with E-state index < -0.39 is 0 Å². The molecule has 3 rings (SSSR count). The van der Waals surface area contributed by atoms with Gasteiger partial charge in [0, 0.05) is 18.0 Å². The van der Waals surface area contributed by atoms with E-state index in [9.17, 15) is 0 Å². The van der Waals surface area contributed by atoms with E-state index in [-0.39, 0.29) is 0 Å². The van der Waals surface area contributed by atoms with E-state index in [4.69, 9.17) is 4.42 Å². The third-order valence-corrected chi connectivity index (χ3v) is 4.79. The molecule has 3 heteroatoms. The van der Waals surface area contributed by atoms with Crippen LogP contribution in [0.25, 0.3) is 0 Å². The van der Waals surface area contributed by atoms with Gasteiger partial charge in [0.1, 0.15) is 11.5 Å². The number of piperidine rings is 1. The Balaban J connectivity index is 1.68. The van der Waals surface area contributed by atoms with Crippen molar-refractivity contribution in [3.05, 3.63) is 23.2 Å². The number of hydrogen-bond acceptors (Lipinski definition) is 3. The van der Waals surface area contributed by atoms with Gasteiger partial charge in [-0.3, -0.25) is 0 Å². The topological polar surface area (TPSA) is 37.2 Å². The van der Waals surface area contributed by atoms with Crippen LogP contribution in [0.2, 0.25) is 0 Å². The van der Waals surface area contributed by atoms with Crippen molar-refractivity contribution >= 4 is 0 Å². The molecule has 2 unspecified atom stereocenters. The highest BCUT2D eigenvalue weighted by Crippen LogP contribution is 2.42. The molecular formula is C17H28N2O. The molecule has 2 aliphatic rings. The van der Waals surface area contributed by atoms with Gasteiger partial charge in [0.15, 0.2) is 0 Å². The summed E-state index contributed by atoms with van der Waals surface area (Å²) in [6.07, 6.45) is 4.95. The molecule has 2 heterocycles. The lowest BCUT2D eigenvalue weighted by molar-refractivity contribution is 0.225. The van der Waals surface area contributed by atoms with Crippen molar-refractivity contribution in [3.63, 3.8) is 0 Å². The molecule has 0 amide bonds. The van der Waals surface area contributed by atoms with Crippen molar-refractivity contribution in [1.82, 2.24) is 10.6 Å². The first kappa shape index (κ1) is 14.2. The first-order valence-corrected chi connectivity index (χ1v) is 8.07. The van der Waals surface area contributed by atoms with Gasteiger partial charge in [-0.25, -0.2) is 0 Å². The number of rotatable bonds is 3. The number of nitrogens with one attached hydrogen (secondary N) is 2. The molecule has 2 atom stereocenters. The standard InChI is InChI=1S/C17H28N2O/c1-12-7-14-15(8-17(2,3)9-16(14)20-12)19-11-13-5-4-6-18-10-13/h7,13,15,18-19H,4-6,8-11H2,1-3H3. The third-order valence-electron chi connectivity index (χ3n) is 4.79. The normalized spacial score (nSPS) is 29.1. The van der Waals surface area contributed by atoms with Crippen LogP contribution in [-0.2, 0) is 6.42 Å². The highest BCUT2D eigenvalue weighted by molar-refractivity contribution is 5.29. The number of aryl methyl sites for hydroxylation is 1. The fourth-order valence-electron chi connectivity index (χ4n) is 3.77. The van der Waals surface area contributed by atoms with Gasteiger partial charge in [0.2, 0.25) is 0 Å². The van der Waals surface area contributed by atoms with Crippen molar-refractivity contribution in [2.24, 2.45) is 11.3 Å². The van der Waals surface area contributed by atoms with Crippen molar-refractivity contribution in [2.75, 3.05) is 19.6 Å². The van der Waals surface area contributed by atoms with Gasteiger partial charge in [-0.05, 0) is 63.2 Å². The first-order chi connectivity index (χ1) is 9.53. The van der Waals surface area contributed by atoms with E-state index in [0.29, 0.717) is 11.5 Å². The molecule has 3 nitrogen and oxygen atoms in total. The van der Waals surface area contributed by atoms with Gasteiger partial charge in [-0.15, -0.1) is 0 Å². The fraction of sp³-hybridized carbons (Fsp3) is 0.765. The lowest BCUT2D eigenvalue weighted by atomic mass is 9.74. The zero-order chi connectivity index (χ0) is 14.2. The summed E-state index contributed by atoms with van der Waals surface area (Å²) in [4.78, 5) is 0. The van der Waals surface area contributed by atoms with E-state index in [2.05, 4.69) is 37.5 Å². The summed E-state index contributed by atoms with van der Waals surface area (Å²) in [6.45, 7) is 10.2. The van der Waals surface area contributed by atoms with Gasteiger partial charge in [-0.1, -0.05) is 13.8 Å². The maximum absolute atomic E-state index is 5.91. The van der Waals surface area contributed by atoms with Crippen LogP contribution >= 0.6 is 0 Å². The third kappa shape index (κ3) is 3.09. The van der Waals surface area contributed by atoms with Crippen molar-refractivity contribution < 1.29 is 4.42 Å². The smallest absolute Gasteiger partial charge is 0.109 e. The van der Waals surface area contributed by atoms with Crippen LogP contribution in [0.15, 0.2) is 10.5 Å².